The van der Waals surface area contributed by atoms with E-state index in [1.54, 1.807) is 12.1 Å². The van der Waals surface area contributed by atoms with Gasteiger partial charge in [0.05, 0.1) is 0 Å². The topological polar surface area (TPSA) is 85.2 Å². The maximum Gasteiger partial charge on any atom is 0.227 e. The van der Waals surface area contributed by atoms with Crippen LogP contribution in [0.15, 0.2) is 28.8 Å². The van der Waals surface area contributed by atoms with Gasteiger partial charge in [0, 0.05) is 42.6 Å². The summed E-state index contributed by atoms with van der Waals surface area (Å²) in [6.07, 6.45) is 2.79. The minimum atomic E-state index is 0. The fraction of sp³-hybridized carbons (Fsp3) is 0.500. The van der Waals surface area contributed by atoms with E-state index in [9.17, 15) is 4.79 Å². The van der Waals surface area contributed by atoms with Crippen molar-refractivity contribution in [3.05, 3.63) is 35.2 Å². The van der Waals surface area contributed by atoms with Gasteiger partial charge in [0.25, 0.3) is 0 Å². The van der Waals surface area contributed by atoms with Crippen LogP contribution in [0.1, 0.15) is 32.1 Å². The number of carbonyl (C=O) groups excluding carboxylic acids is 1. The molecule has 0 bridgehead atoms. The SMILES string of the molecule is CC1CCN(C(=O)CCc2nc(-c3ccc(Cl)cc3)no2)C(CN)C1.Cl. The molecule has 1 aliphatic heterocycles. The minimum Gasteiger partial charge on any atom is -0.339 e. The number of nitrogens with two attached hydrogens (primary N) is 1. The normalized spacial score (nSPS) is 19.9. The largest absolute Gasteiger partial charge is 0.339 e. The molecule has 1 saturated heterocycles. The number of likely N-dealkylation sites (tertiary alicyclic amines) is 1. The molecule has 26 heavy (non-hydrogen) atoms. The van der Waals surface area contributed by atoms with E-state index >= 15 is 0 Å². The highest BCUT2D eigenvalue weighted by Gasteiger charge is 2.28. The van der Waals surface area contributed by atoms with E-state index < -0.39 is 0 Å². The van der Waals surface area contributed by atoms with E-state index in [4.69, 9.17) is 21.9 Å². The predicted molar refractivity (Wildman–Crippen MR) is 103 cm³/mol. The Morgan fingerprint density at radius 3 is 2.81 bits per heavy atom. The van der Waals surface area contributed by atoms with E-state index in [1.807, 2.05) is 17.0 Å². The Bertz CT molecular complexity index is 720. The molecule has 6 nitrogen and oxygen atoms in total. The first kappa shape index (κ1) is 20.7. The first-order valence-corrected chi connectivity index (χ1v) is 9.02. The van der Waals surface area contributed by atoms with Crippen LogP contribution in [0.4, 0.5) is 0 Å². The van der Waals surface area contributed by atoms with E-state index in [0.717, 1.165) is 24.9 Å². The zero-order valence-corrected chi connectivity index (χ0v) is 16.3. The third kappa shape index (κ3) is 4.96. The van der Waals surface area contributed by atoms with Crippen LogP contribution in [0, 0.1) is 5.92 Å². The number of aryl methyl sites for hydroxylation is 1. The first-order valence-electron chi connectivity index (χ1n) is 8.65. The van der Waals surface area contributed by atoms with Gasteiger partial charge in [-0.3, -0.25) is 4.79 Å². The van der Waals surface area contributed by atoms with E-state index in [1.165, 1.54) is 0 Å². The van der Waals surface area contributed by atoms with Crippen LogP contribution < -0.4 is 5.73 Å². The molecule has 2 heterocycles. The Morgan fingerprint density at radius 1 is 1.38 bits per heavy atom. The number of halogens is 2. The highest BCUT2D eigenvalue weighted by Crippen LogP contribution is 2.23. The second-order valence-electron chi connectivity index (χ2n) is 6.62. The lowest BCUT2D eigenvalue weighted by Gasteiger charge is -2.38. The second-order valence-corrected chi connectivity index (χ2v) is 7.06. The maximum atomic E-state index is 12.5. The maximum absolute atomic E-state index is 12.5. The number of aromatic nitrogens is 2. The van der Waals surface area contributed by atoms with Crippen molar-refractivity contribution in [2.45, 2.75) is 38.6 Å². The lowest BCUT2D eigenvalue weighted by Crippen LogP contribution is -2.49. The molecule has 1 aromatic carbocycles. The van der Waals surface area contributed by atoms with Crippen LogP contribution in [-0.4, -0.2) is 40.1 Å². The molecular weight excluding hydrogens is 375 g/mol. The number of hydrogen-bond acceptors (Lipinski definition) is 5. The van der Waals surface area contributed by atoms with Crippen molar-refractivity contribution >= 4 is 29.9 Å². The molecule has 1 amide bonds. The van der Waals surface area contributed by atoms with Gasteiger partial charge in [-0.05, 0) is 43.0 Å². The summed E-state index contributed by atoms with van der Waals surface area (Å²) in [5.74, 6) is 1.70. The van der Waals surface area contributed by atoms with Gasteiger partial charge in [-0.15, -0.1) is 12.4 Å². The molecule has 1 fully saturated rings. The Morgan fingerprint density at radius 2 is 2.12 bits per heavy atom. The van der Waals surface area contributed by atoms with Crippen molar-refractivity contribution in [3.63, 3.8) is 0 Å². The molecule has 3 rings (SSSR count). The van der Waals surface area contributed by atoms with Crippen molar-refractivity contribution in [1.29, 1.82) is 0 Å². The minimum absolute atomic E-state index is 0. The third-order valence-electron chi connectivity index (χ3n) is 4.69. The zero-order valence-electron chi connectivity index (χ0n) is 14.7. The average molecular weight is 399 g/mol. The summed E-state index contributed by atoms with van der Waals surface area (Å²) < 4.78 is 5.27. The molecule has 2 unspecified atom stereocenters. The molecule has 0 radical (unpaired) electrons. The van der Waals surface area contributed by atoms with Crippen molar-refractivity contribution < 1.29 is 9.32 Å². The van der Waals surface area contributed by atoms with E-state index in [0.29, 0.717) is 42.0 Å². The second kappa shape index (κ2) is 9.35. The summed E-state index contributed by atoms with van der Waals surface area (Å²) in [6.45, 7) is 3.50. The van der Waals surface area contributed by atoms with E-state index in [2.05, 4.69) is 17.1 Å². The molecule has 1 aromatic heterocycles. The van der Waals surface area contributed by atoms with Gasteiger partial charge < -0.3 is 15.2 Å². The third-order valence-corrected chi connectivity index (χ3v) is 4.95. The van der Waals surface area contributed by atoms with Crippen molar-refractivity contribution in [1.82, 2.24) is 15.0 Å². The van der Waals surface area contributed by atoms with Crippen LogP contribution in [0.25, 0.3) is 11.4 Å². The van der Waals surface area contributed by atoms with Gasteiger partial charge in [0.1, 0.15) is 0 Å². The summed E-state index contributed by atoms with van der Waals surface area (Å²) >= 11 is 5.88. The average Bonchev–Trinajstić information content (AvgIpc) is 3.09. The molecule has 0 aliphatic carbocycles. The summed E-state index contributed by atoms with van der Waals surface area (Å²) in [7, 11) is 0. The molecule has 0 spiro atoms. The summed E-state index contributed by atoms with van der Waals surface area (Å²) in [5, 5.41) is 4.63. The van der Waals surface area contributed by atoms with Crippen LogP contribution >= 0.6 is 24.0 Å². The summed E-state index contributed by atoms with van der Waals surface area (Å²) in [5.41, 5.74) is 6.67. The highest BCUT2D eigenvalue weighted by molar-refractivity contribution is 6.30. The Labute approximate surface area is 164 Å². The Hall–Kier alpha value is -1.63. The fourth-order valence-electron chi connectivity index (χ4n) is 3.23. The van der Waals surface area contributed by atoms with Gasteiger partial charge in [-0.1, -0.05) is 23.7 Å². The molecule has 0 saturated carbocycles. The number of amides is 1. The molecule has 8 heteroatoms. The molecule has 2 aromatic rings. The van der Waals surface area contributed by atoms with Crippen molar-refractivity contribution in [3.8, 4) is 11.4 Å². The highest BCUT2D eigenvalue weighted by atomic mass is 35.5. The Kier molecular flexibility index (Phi) is 7.43. The quantitative estimate of drug-likeness (QED) is 0.834. The number of rotatable bonds is 5. The van der Waals surface area contributed by atoms with Gasteiger partial charge in [-0.2, -0.15) is 4.98 Å². The summed E-state index contributed by atoms with van der Waals surface area (Å²) in [6, 6.07) is 7.37. The standard InChI is InChI=1S/C18H23ClN4O2.ClH/c1-12-8-9-23(15(10-12)11-20)17(24)7-6-16-21-18(22-25-16)13-2-4-14(19)5-3-13;/h2-5,12,15H,6-11,20H2,1H3;1H. The fourth-order valence-corrected chi connectivity index (χ4v) is 3.36. The van der Waals surface area contributed by atoms with Crippen molar-refractivity contribution in [2.75, 3.05) is 13.1 Å². The number of piperidine rings is 1. The van der Waals surface area contributed by atoms with Crippen LogP contribution in [0.3, 0.4) is 0 Å². The summed E-state index contributed by atoms with van der Waals surface area (Å²) in [4.78, 5) is 18.8. The van der Waals surface area contributed by atoms with Gasteiger partial charge in [0.2, 0.25) is 17.6 Å². The molecule has 2 atom stereocenters. The lowest BCUT2D eigenvalue weighted by molar-refractivity contribution is -0.135. The van der Waals surface area contributed by atoms with Crippen LogP contribution in [0.2, 0.25) is 5.02 Å². The van der Waals surface area contributed by atoms with Crippen molar-refractivity contribution in [2.24, 2.45) is 11.7 Å². The number of hydrogen-bond donors (Lipinski definition) is 1. The Balaban J connectivity index is 0.00000243. The lowest BCUT2D eigenvalue weighted by atomic mass is 9.92. The van der Waals surface area contributed by atoms with Crippen LogP contribution in [-0.2, 0) is 11.2 Å². The molecule has 142 valence electrons. The number of benzene rings is 1. The van der Waals surface area contributed by atoms with Gasteiger partial charge in [-0.25, -0.2) is 0 Å². The zero-order chi connectivity index (χ0) is 17.8. The predicted octanol–water partition coefficient (Wildman–Crippen LogP) is 3.33. The first-order chi connectivity index (χ1) is 12.1. The monoisotopic (exact) mass is 398 g/mol. The van der Waals surface area contributed by atoms with E-state index in [-0.39, 0.29) is 24.4 Å². The molecule has 1 aliphatic rings. The van der Waals surface area contributed by atoms with Crippen LogP contribution in [0.5, 0.6) is 0 Å². The van der Waals surface area contributed by atoms with Gasteiger partial charge in [0.15, 0.2) is 0 Å². The number of carbonyl (C=O) groups is 1. The number of nitrogens with zero attached hydrogens (tertiary/aromatic N) is 3. The van der Waals surface area contributed by atoms with Gasteiger partial charge >= 0.3 is 0 Å². The molecule has 2 N–H and O–H groups in total. The smallest absolute Gasteiger partial charge is 0.227 e. The molecular formula is C18H24Cl2N4O2.